The third kappa shape index (κ3) is 3.47. The third-order valence-corrected chi connectivity index (χ3v) is 2.19. The lowest BCUT2D eigenvalue weighted by molar-refractivity contribution is 0.594. The summed E-state index contributed by atoms with van der Waals surface area (Å²) in [7, 11) is 1.75. The minimum absolute atomic E-state index is 0.299. The van der Waals surface area contributed by atoms with Crippen molar-refractivity contribution in [3.63, 3.8) is 0 Å². The normalized spacial score (nSPS) is 10.4. The van der Waals surface area contributed by atoms with Gasteiger partial charge in [-0.3, -0.25) is 0 Å². The summed E-state index contributed by atoms with van der Waals surface area (Å²) in [5, 5.41) is 3.13. The lowest BCUT2D eigenvalue weighted by atomic mass is 10.2. The van der Waals surface area contributed by atoms with Crippen LogP contribution in [-0.2, 0) is 0 Å². The van der Waals surface area contributed by atoms with Gasteiger partial charge in [0.1, 0.15) is 11.6 Å². The van der Waals surface area contributed by atoms with Crippen molar-refractivity contribution in [3.05, 3.63) is 29.8 Å². The number of halogens is 2. The Morgan fingerprint density at radius 1 is 1.33 bits per heavy atom. The van der Waals surface area contributed by atoms with E-state index in [9.17, 15) is 8.78 Å². The summed E-state index contributed by atoms with van der Waals surface area (Å²) in [6.07, 6.45) is 0. The maximum atomic E-state index is 13.3. The molecular formula is C11H16F2N2. The van der Waals surface area contributed by atoms with Gasteiger partial charge in [0, 0.05) is 26.2 Å². The smallest absolute Gasteiger partial charge is 0.146 e. The summed E-state index contributed by atoms with van der Waals surface area (Å²) in [5.41, 5.74) is 0.299. The van der Waals surface area contributed by atoms with Crippen molar-refractivity contribution in [1.82, 2.24) is 5.32 Å². The molecule has 0 aliphatic carbocycles. The molecule has 0 amide bonds. The van der Waals surface area contributed by atoms with Crippen molar-refractivity contribution in [2.24, 2.45) is 0 Å². The zero-order valence-corrected chi connectivity index (χ0v) is 9.06. The zero-order valence-electron chi connectivity index (χ0n) is 9.06. The molecule has 0 saturated carbocycles. The first-order chi connectivity index (χ1) is 7.15. The molecule has 0 fully saturated rings. The molecule has 0 aromatic heterocycles. The van der Waals surface area contributed by atoms with E-state index in [0.29, 0.717) is 12.2 Å². The van der Waals surface area contributed by atoms with E-state index in [1.807, 2.05) is 6.92 Å². The van der Waals surface area contributed by atoms with Crippen LogP contribution in [0.5, 0.6) is 0 Å². The lowest BCUT2D eigenvalue weighted by Gasteiger charge is -2.19. The van der Waals surface area contributed by atoms with Gasteiger partial charge in [-0.15, -0.1) is 0 Å². The number of benzene rings is 1. The first kappa shape index (κ1) is 11.9. The first-order valence-electron chi connectivity index (χ1n) is 5.02. The van der Waals surface area contributed by atoms with Crippen LogP contribution in [0.2, 0.25) is 0 Å². The summed E-state index contributed by atoms with van der Waals surface area (Å²) in [5.74, 6) is -0.808. The van der Waals surface area contributed by atoms with Crippen LogP contribution in [0.15, 0.2) is 18.2 Å². The minimum atomic E-state index is -0.415. The lowest BCUT2D eigenvalue weighted by Crippen LogP contribution is -2.29. The molecule has 0 aliphatic heterocycles. The molecule has 2 nitrogen and oxygen atoms in total. The highest BCUT2D eigenvalue weighted by Crippen LogP contribution is 2.18. The molecule has 0 atom stereocenters. The van der Waals surface area contributed by atoms with Gasteiger partial charge >= 0.3 is 0 Å². The molecule has 0 radical (unpaired) electrons. The number of nitrogens with one attached hydrogen (secondary N) is 1. The van der Waals surface area contributed by atoms with E-state index in [0.717, 1.165) is 25.2 Å². The molecule has 0 unspecified atom stereocenters. The molecule has 15 heavy (non-hydrogen) atoms. The van der Waals surface area contributed by atoms with E-state index in [-0.39, 0.29) is 0 Å². The highest BCUT2D eigenvalue weighted by Gasteiger charge is 2.07. The Morgan fingerprint density at radius 3 is 2.73 bits per heavy atom. The molecule has 1 N–H and O–H groups in total. The minimum Gasteiger partial charge on any atom is -0.371 e. The van der Waals surface area contributed by atoms with Gasteiger partial charge < -0.3 is 10.2 Å². The van der Waals surface area contributed by atoms with Gasteiger partial charge in [0.15, 0.2) is 0 Å². The molecule has 1 aromatic carbocycles. The average molecular weight is 214 g/mol. The van der Waals surface area contributed by atoms with Gasteiger partial charge in [0.2, 0.25) is 0 Å². The fourth-order valence-electron chi connectivity index (χ4n) is 1.32. The van der Waals surface area contributed by atoms with Gasteiger partial charge in [0.05, 0.1) is 5.69 Å². The second kappa shape index (κ2) is 5.66. The van der Waals surface area contributed by atoms with Crippen LogP contribution in [0.25, 0.3) is 0 Å². The predicted molar refractivity (Wildman–Crippen MR) is 58.2 cm³/mol. The molecule has 0 heterocycles. The Morgan fingerprint density at radius 2 is 2.07 bits per heavy atom. The monoisotopic (exact) mass is 214 g/mol. The Balaban J connectivity index is 2.64. The molecule has 1 aromatic rings. The predicted octanol–water partition coefficient (Wildman–Crippen LogP) is 2.01. The Labute approximate surface area is 88.9 Å². The van der Waals surface area contributed by atoms with E-state index < -0.39 is 11.6 Å². The number of likely N-dealkylation sites (N-methyl/N-ethyl adjacent to an activating group) is 2. The van der Waals surface area contributed by atoms with Crippen molar-refractivity contribution in [1.29, 1.82) is 0 Å². The molecule has 84 valence electrons. The molecule has 1 rings (SSSR count). The maximum absolute atomic E-state index is 13.3. The van der Waals surface area contributed by atoms with Crippen molar-refractivity contribution in [2.75, 3.05) is 31.6 Å². The topological polar surface area (TPSA) is 15.3 Å². The van der Waals surface area contributed by atoms with Crippen LogP contribution in [0.1, 0.15) is 6.92 Å². The van der Waals surface area contributed by atoms with Crippen LogP contribution in [0.3, 0.4) is 0 Å². The molecular weight excluding hydrogens is 198 g/mol. The van der Waals surface area contributed by atoms with E-state index in [1.54, 1.807) is 11.9 Å². The van der Waals surface area contributed by atoms with Gasteiger partial charge in [-0.1, -0.05) is 6.92 Å². The summed E-state index contributed by atoms with van der Waals surface area (Å²) in [6, 6.07) is 3.48. The number of rotatable bonds is 5. The number of hydrogen-bond donors (Lipinski definition) is 1. The van der Waals surface area contributed by atoms with Crippen molar-refractivity contribution in [2.45, 2.75) is 6.92 Å². The second-order valence-electron chi connectivity index (χ2n) is 3.37. The number of hydrogen-bond acceptors (Lipinski definition) is 2. The largest absolute Gasteiger partial charge is 0.371 e. The van der Waals surface area contributed by atoms with Crippen molar-refractivity contribution in [3.8, 4) is 0 Å². The fraction of sp³-hybridized carbons (Fsp3) is 0.455. The number of anilines is 1. The van der Waals surface area contributed by atoms with Crippen LogP contribution in [-0.4, -0.2) is 26.7 Å². The second-order valence-corrected chi connectivity index (χ2v) is 3.37. The van der Waals surface area contributed by atoms with Crippen LogP contribution < -0.4 is 10.2 Å². The van der Waals surface area contributed by atoms with Gasteiger partial charge in [0.25, 0.3) is 0 Å². The number of nitrogens with zero attached hydrogens (tertiary/aromatic N) is 1. The van der Waals surface area contributed by atoms with Gasteiger partial charge in [-0.05, 0) is 18.7 Å². The van der Waals surface area contributed by atoms with E-state index in [1.165, 1.54) is 6.07 Å². The summed E-state index contributed by atoms with van der Waals surface area (Å²) in [6.45, 7) is 4.28. The average Bonchev–Trinajstić information content (AvgIpc) is 2.22. The molecule has 0 saturated heterocycles. The highest BCUT2D eigenvalue weighted by atomic mass is 19.1. The summed E-state index contributed by atoms with van der Waals surface area (Å²) < 4.78 is 26.2. The fourth-order valence-corrected chi connectivity index (χ4v) is 1.32. The Hall–Kier alpha value is -1.16. The van der Waals surface area contributed by atoms with E-state index >= 15 is 0 Å². The maximum Gasteiger partial charge on any atom is 0.146 e. The van der Waals surface area contributed by atoms with E-state index in [4.69, 9.17) is 0 Å². The summed E-state index contributed by atoms with van der Waals surface area (Å²) in [4.78, 5) is 1.70. The SMILES string of the molecule is CCNCCN(C)c1cc(F)ccc1F. The quantitative estimate of drug-likeness (QED) is 0.754. The zero-order chi connectivity index (χ0) is 11.3. The van der Waals surface area contributed by atoms with Gasteiger partial charge in [-0.25, -0.2) is 8.78 Å². The molecule has 4 heteroatoms. The molecule has 0 aliphatic rings. The highest BCUT2D eigenvalue weighted by molar-refractivity contribution is 5.47. The third-order valence-electron chi connectivity index (χ3n) is 2.19. The first-order valence-corrected chi connectivity index (χ1v) is 5.02. The van der Waals surface area contributed by atoms with Gasteiger partial charge in [-0.2, -0.15) is 0 Å². The standard InChI is InChI=1S/C11H16F2N2/c1-3-14-6-7-15(2)11-8-9(12)4-5-10(11)13/h4-5,8,14H,3,6-7H2,1-2H3. The van der Waals surface area contributed by atoms with Crippen molar-refractivity contribution < 1.29 is 8.78 Å². The van der Waals surface area contributed by atoms with Crippen LogP contribution in [0.4, 0.5) is 14.5 Å². The Kier molecular flexibility index (Phi) is 4.49. The van der Waals surface area contributed by atoms with Crippen LogP contribution in [0, 0.1) is 11.6 Å². The Bertz CT molecular complexity index is 315. The van der Waals surface area contributed by atoms with E-state index in [2.05, 4.69) is 5.32 Å². The molecule has 0 spiro atoms. The van der Waals surface area contributed by atoms with Crippen LogP contribution >= 0.6 is 0 Å². The van der Waals surface area contributed by atoms with Crippen molar-refractivity contribution >= 4 is 5.69 Å². The summed E-state index contributed by atoms with van der Waals surface area (Å²) >= 11 is 0. The molecule has 0 bridgehead atoms.